The van der Waals surface area contributed by atoms with Gasteiger partial charge in [-0.2, -0.15) is 0 Å². The second-order valence-corrected chi connectivity index (χ2v) is 3.63. The van der Waals surface area contributed by atoms with Crippen LogP contribution in [0.5, 0.6) is 0 Å². The summed E-state index contributed by atoms with van der Waals surface area (Å²) in [6, 6.07) is 0. The molecular formula is C8H14Cl2O4. The first-order valence-electron chi connectivity index (χ1n) is 4.51. The van der Waals surface area contributed by atoms with Crippen LogP contribution < -0.4 is 0 Å². The summed E-state index contributed by atoms with van der Waals surface area (Å²) in [4.78, 5) is 0. The van der Waals surface area contributed by atoms with Crippen LogP contribution >= 0.6 is 23.2 Å². The second-order valence-electron chi connectivity index (χ2n) is 2.64. The van der Waals surface area contributed by atoms with Gasteiger partial charge in [0.25, 0.3) is 0 Å². The van der Waals surface area contributed by atoms with Gasteiger partial charge in [0, 0.05) is 13.2 Å². The van der Waals surface area contributed by atoms with Crippen LogP contribution in [0.1, 0.15) is 13.8 Å². The predicted octanol–water partition coefficient (Wildman–Crippen LogP) is 1.89. The van der Waals surface area contributed by atoms with E-state index < -0.39 is 10.5 Å². The van der Waals surface area contributed by atoms with E-state index >= 15 is 0 Å². The highest BCUT2D eigenvalue weighted by atomic mass is 35.5. The van der Waals surface area contributed by atoms with Gasteiger partial charge in [0.15, 0.2) is 0 Å². The molecule has 0 radical (unpaired) electrons. The largest absolute Gasteiger partial charge is 0.332 e. The lowest BCUT2D eigenvalue weighted by molar-refractivity contribution is -0.366. The van der Waals surface area contributed by atoms with Crippen LogP contribution in [0, 0.1) is 0 Å². The molecule has 0 bridgehead atoms. The fourth-order valence-corrected chi connectivity index (χ4v) is 1.74. The van der Waals surface area contributed by atoms with Crippen molar-refractivity contribution in [2.75, 3.05) is 26.4 Å². The average Bonchev–Trinajstić information content (AvgIpc) is 2.12. The molecular weight excluding hydrogens is 231 g/mol. The molecule has 1 aliphatic rings. The normalized spacial score (nSPS) is 38.6. The highest BCUT2D eigenvalue weighted by Gasteiger charge is 2.57. The summed E-state index contributed by atoms with van der Waals surface area (Å²) in [5.74, 6) is 0. The first-order valence-corrected chi connectivity index (χ1v) is 5.27. The van der Waals surface area contributed by atoms with E-state index in [1.54, 1.807) is 13.8 Å². The number of alkyl halides is 2. The molecule has 2 unspecified atom stereocenters. The Morgan fingerprint density at radius 3 is 1.64 bits per heavy atom. The molecule has 0 aliphatic carbocycles. The van der Waals surface area contributed by atoms with Crippen molar-refractivity contribution in [3.63, 3.8) is 0 Å². The monoisotopic (exact) mass is 244 g/mol. The molecule has 1 rings (SSSR count). The lowest BCUT2D eigenvalue weighted by Crippen LogP contribution is -2.57. The molecule has 0 N–H and O–H groups in total. The third kappa shape index (κ3) is 2.32. The van der Waals surface area contributed by atoms with Crippen LogP contribution in [0.4, 0.5) is 0 Å². The van der Waals surface area contributed by atoms with Gasteiger partial charge in [-0.3, -0.25) is 0 Å². The van der Waals surface area contributed by atoms with E-state index in [-0.39, 0.29) is 0 Å². The van der Waals surface area contributed by atoms with Gasteiger partial charge >= 0.3 is 10.5 Å². The Morgan fingerprint density at radius 2 is 1.36 bits per heavy atom. The predicted molar refractivity (Wildman–Crippen MR) is 52.3 cm³/mol. The van der Waals surface area contributed by atoms with Crippen molar-refractivity contribution in [1.82, 2.24) is 0 Å². The molecule has 6 heteroatoms. The summed E-state index contributed by atoms with van der Waals surface area (Å²) in [5, 5.41) is -3.14. The van der Waals surface area contributed by atoms with E-state index in [1.807, 2.05) is 0 Å². The van der Waals surface area contributed by atoms with Crippen LogP contribution in [0.3, 0.4) is 0 Å². The summed E-state index contributed by atoms with van der Waals surface area (Å²) >= 11 is 12.1. The SMILES string of the molecule is CCOC1(Cl)OCCOC1(Cl)OCC. The zero-order chi connectivity index (χ0) is 10.7. The molecule has 0 aromatic carbocycles. The Morgan fingerprint density at radius 1 is 1.00 bits per heavy atom. The molecule has 1 aliphatic heterocycles. The fraction of sp³-hybridized carbons (Fsp3) is 1.00. The first kappa shape index (κ1) is 12.5. The summed E-state index contributed by atoms with van der Waals surface area (Å²) in [6.45, 7) is 4.93. The minimum atomic E-state index is -1.57. The van der Waals surface area contributed by atoms with Crippen molar-refractivity contribution in [2.24, 2.45) is 0 Å². The number of ether oxygens (including phenoxy) is 4. The molecule has 0 spiro atoms. The third-order valence-corrected chi connectivity index (χ3v) is 2.71. The van der Waals surface area contributed by atoms with Gasteiger partial charge in [0.2, 0.25) is 0 Å². The maximum absolute atomic E-state index is 6.03. The standard InChI is InChI=1S/C8H14Cl2O4/c1-3-11-7(9)8(10,12-4-2)14-6-5-13-7/h3-6H2,1-2H3. The molecule has 1 heterocycles. The molecule has 1 saturated heterocycles. The smallest absolute Gasteiger partial charge is 0.321 e. The zero-order valence-electron chi connectivity index (χ0n) is 8.22. The highest BCUT2D eigenvalue weighted by Crippen LogP contribution is 2.42. The van der Waals surface area contributed by atoms with Crippen molar-refractivity contribution in [1.29, 1.82) is 0 Å². The summed E-state index contributed by atoms with van der Waals surface area (Å²) < 4.78 is 20.9. The van der Waals surface area contributed by atoms with E-state index in [9.17, 15) is 0 Å². The lowest BCUT2D eigenvalue weighted by Gasteiger charge is -2.42. The molecule has 1 fully saturated rings. The van der Waals surface area contributed by atoms with Crippen LogP contribution in [0.15, 0.2) is 0 Å². The van der Waals surface area contributed by atoms with Crippen molar-refractivity contribution >= 4 is 23.2 Å². The van der Waals surface area contributed by atoms with E-state index in [1.165, 1.54) is 0 Å². The molecule has 0 amide bonds. The molecule has 84 valence electrons. The maximum atomic E-state index is 6.03. The molecule has 2 atom stereocenters. The van der Waals surface area contributed by atoms with Gasteiger partial charge in [0.05, 0.1) is 13.2 Å². The van der Waals surface area contributed by atoms with Crippen molar-refractivity contribution in [3.05, 3.63) is 0 Å². The summed E-state index contributed by atoms with van der Waals surface area (Å²) in [6.07, 6.45) is 0. The van der Waals surface area contributed by atoms with Gasteiger partial charge < -0.3 is 18.9 Å². The Hall–Kier alpha value is 0.420. The van der Waals surface area contributed by atoms with Crippen LogP contribution in [0.2, 0.25) is 0 Å². The van der Waals surface area contributed by atoms with Crippen LogP contribution in [-0.4, -0.2) is 36.9 Å². The quantitative estimate of drug-likeness (QED) is 0.709. The molecule has 14 heavy (non-hydrogen) atoms. The van der Waals surface area contributed by atoms with Crippen molar-refractivity contribution < 1.29 is 18.9 Å². The highest BCUT2D eigenvalue weighted by molar-refractivity contribution is 6.32. The van der Waals surface area contributed by atoms with Crippen LogP contribution in [-0.2, 0) is 18.9 Å². The van der Waals surface area contributed by atoms with Crippen molar-refractivity contribution in [2.45, 2.75) is 24.3 Å². The van der Waals surface area contributed by atoms with E-state index in [0.717, 1.165) is 0 Å². The topological polar surface area (TPSA) is 36.9 Å². The Balaban J connectivity index is 2.75. The minimum absolute atomic E-state index is 0.324. The van der Waals surface area contributed by atoms with Gasteiger partial charge in [-0.05, 0) is 37.0 Å². The van der Waals surface area contributed by atoms with E-state index in [0.29, 0.717) is 26.4 Å². The lowest BCUT2D eigenvalue weighted by atomic mass is 10.5. The van der Waals surface area contributed by atoms with Crippen molar-refractivity contribution in [3.8, 4) is 0 Å². The summed E-state index contributed by atoms with van der Waals surface area (Å²) in [5.41, 5.74) is 0. The average molecular weight is 245 g/mol. The Labute approximate surface area is 93.3 Å². The van der Waals surface area contributed by atoms with Crippen LogP contribution in [0.25, 0.3) is 0 Å². The molecule has 0 saturated carbocycles. The van der Waals surface area contributed by atoms with Gasteiger partial charge in [-0.25, -0.2) is 0 Å². The number of halogens is 2. The van der Waals surface area contributed by atoms with Gasteiger partial charge in [-0.1, -0.05) is 0 Å². The zero-order valence-corrected chi connectivity index (χ0v) is 9.73. The van der Waals surface area contributed by atoms with E-state index in [4.69, 9.17) is 42.1 Å². The molecule has 0 aromatic rings. The Kier molecular flexibility index (Phi) is 4.43. The van der Waals surface area contributed by atoms with Gasteiger partial charge in [0.1, 0.15) is 0 Å². The van der Waals surface area contributed by atoms with Gasteiger partial charge in [-0.15, -0.1) is 0 Å². The number of hydrogen-bond acceptors (Lipinski definition) is 4. The number of rotatable bonds is 4. The Bertz CT molecular complexity index is 164. The second kappa shape index (κ2) is 4.96. The number of hydrogen-bond donors (Lipinski definition) is 0. The fourth-order valence-electron chi connectivity index (χ4n) is 1.15. The summed E-state index contributed by atoms with van der Waals surface area (Å²) in [7, 11) is 0. The third-order valence-electron chi connectivity index (χ3n) is 1.68. The maximum Gasteiger partial charge on any atom is 0.321 e. The van der Waals surface area contributed by atoms with E-state index in [2.05, 4.69) is 0 Å². The minimum Gasteiger partial charge on any atom is -0.332 e. The first-order chi connectivity index (χ1) is 6.58. The molecule has 4 nitrogen and oxygen atoms in total. The molecule has 0 aromatic heterocycles.